The molecule has 104 valence electrons. The smallest absolute Gasteiger partial charge is 0.240 e. The molecule has 0 aromatic rings. The molecule has 0 bridgehead atoms. The van der Waals surface area contributed by atoms with Gasteiger partial charge in [-0.15, -0.1) is 0 Å². The molecule has 18 heavy (non-hydrogen) atoms. The fourth-order valence-corrected chi connectivity index (χ4v) is 1.95. The molecule has 0 spiro atoms. The molecule has 1 atom stereocenters. The monoisotopic (exact) mass is 256 g/mol. The Labute approximate surface area is 109 Å². The van der Waals surface area contributed by atoms with Crippen LogP contribution in [0, 0.1) is 0 Å². The van der Waals surface area contributed by atoms with Gasteiger partial charge in [0.2, 0.25) is 11.8 Å². The predicted molar refractivity (Wildman–Crippen MR) is 70.2 cm³/mol. The maximum atomic E-state index is 12.0. The fraction of sp³-hybridized carbons (Fsp3) is 0.833. The van der Waals surface area contributed by atoms with Crippen LogP contribution in [-0.2, 0) is 9.59 Å². The zero-order valence-electron chi connectivity index (χ0n) is 11.8. The minimum atomic E-state index is -0.233. The van der Waals surface area contributed by atoms with Gasteiger partial charge in [0.1, 0.15) is 6.04 Å². The van der Waals surface area contributed by atoms with Crippen LogP contribution in [0.4, 0.5) is 0 Å². The van der Waals surface area contributed by atoms with E-state index in [0.717, 1.165) is 13.1 Å². The molecule has 1 N–H and O–H groups in total. The molecule has 1 unspecified atom stereocenters. The standard InChI is InChI=1S/C12H24N4O2/c1-5-15(4)11(17)9-16-7-6-13-8-10(16)12(18)14(2)3/h10,13H,5-9H2,1-4H3. The van der Waals surface area contributed by atoms with Crippen LogP contribution in [-0.4, -0.2) is 86.4 Å². The zero-order valence-corrected chi connectivity index (χ0v) is 11.8. The van der Waals surface area contributed by atoms with Gasteiger partial charge in [0.05, 0.1) is 6.54 Å². The van der Waals surface area contributed by atoms with E-state index in [1.165, 1.54) is 0 Å². The van der Waals surface area contributed by atoms with E-state index in [2.05, 4.69) is 5.32 Å². The second-order valence-electron chi connectivity index (χ2n) is 4.83. The van der Waals surface area contributed by atoms with E-state index in [0.29, 0.717) is 19.6 Å². The first kappa shape index (κ1) is 14.9. The average molecular weight is 256 g/mol. The Kier molecular flexibility index (Phi) is 5.55. The topological polar surface area (TPSA) is 55.9 Å². The number of hydrogen-bond donors (Lipinski definition) is 1. The number of piperazine rings is 1. The molecule has 1 saturated heterocycles. The molecule has 1 heterocycles. The van der Waals surface area contributed by atoms with Crippen molar-refractivity contribution >= 4 is 11.8 Å². The predicted octanol–water partition coefficient (Wildman–Crippen LogP) is -1.17. The molecule has 0 saturated carbocycles. The molecular weight excluding hydrogens is 232 g/mol. The summed E-state index contributed by atoms with van der Waals surface area (Å²) < 4.78 is 0. The highest BCUT2D eigenvalue weighted by atomic mass is 16.2. The Morgan fingerprint density at radius 1 is 1.33 bits per heavy atom. The highest BCUT2D eigenvalue weighted by Crippen LogP contribution is 2.06. The van der Waals surface area contributed by atoms with Gasteiger partial charge in [-0.3, -0.25) is 14.5 Å². The second-order valence-corrected chi connectivity index (χ2v) is 4.83. The lowest BCUT2D eigenvalue weighted by atomic mass is 10.1. The summed E-state index contributed by atoms with van der Waals surface area (Å²) in [6.45, 7) is 5.11. The minimum Gasteiger partial charge on any atom is -0.347 e. The van der Waals surface area contributed by atoms with Crippen LogP contribution >= 0.6 is 0 Å². The third kappa shape index (κ3) is 3.68. The number of amides is 2. The van der Waals surface area contributed by atoms with E-state index >= 15 is 0 Å². The van der Waals surface area contributed by atoms with Gasteiger partial charge in [-0.25, -0.2) is 0 Å². The molecular formula is C12H24N4O2. The summed E-state index contributed by atoms with van der Waals surface area (Å²) in [5.41, 5.74) is 0. The summed E-state index contributed by atoms with van der Waals surface area (Å²) in [5.74, 6) is 0.116. The Bertz CT molecular complexity index is 306. The van der Waals surface area contributed by atoms with Crippen LogP contribution in [0.3, 0.4) is 0 Å². The van der Waals surface area contributed by atoms with Gasteiger partial charge in [0.15, 0.2) is 0 Å². The molecule has 1 aliphatic heterocycles. The molecule has 6 nitrogen and oxygen atoms in total. The van der Waals surface area contributed by atoms with Crippen LogP contribution in [0.5, 0.6) is 0 Å². The maximum absolute atomic E-state index is 12.0. The lowest BCUT2D eigenvalue weighted by molar-refractivity contribution is -0.138. The molecule has 0 aromatic heterocycles. The van der Waals surface area contributed by atoms with Gasteiger partial charge < -0.3 is 15.1 Å². The first-order valence-corrected chi connectivity index (χ1v) is 6.37. The van der Waals surface area contributed by atoms with Gasteiger partial charge in [0, 0.05) is 47.3 Å². The van der Waals surface area contributed by atoms with Crippen molar-refractivity contribution in [3.63, 3.8) is 0 Å². The molecule has 2 amide bonds. The van der Waals surface area contributed by atoms with Crippen molar-refractivity contribution in [1.29, 1.82) is 0 Å². The van der Waals surface area contributed by atoms with E-state index in [1.54, 1.807) is 30.9 Å². The summed E-state index contributed by atoms with van der Waals surface area (Å²) in [4.78, 5) is 29.2. The Morgan fingerprint density at radius 2 is 2.00 bits per heavy atom. The third-order valence-electron chi connectivity index (χ3n) is 3.32. The summed E-state index contributed by atoms with van der Waals surface area (Å²) in [5, 5.41) is 3.20. The maximum Gasteiger partial charge on any atom is 0.240 e. The van der Waals surface area contributed by atoms with Gasteiger partial charge in [-0.2, -0.15) is 0 Å². The van der Waals surface area contributed by atoms with Gasteiger partial charge in [-0.05, 0) is 6.92 Å². The number of nitrogens with one attached hydrogen (secondary N) is 1. The lowest BCUT2D eigenvalue weighted by Gasteiger charge is -2.36. The van der Waals surface area contributed by atoms with Crippen molar-refractivity contribution in [2.75, 3.05) is 53.9 Å². The molecule has 1 aliphatic rings. The average Bonchev–Trinajstić information content (AvgIpc) is 2.37. The number of likely N-dealkylation sites (N-methyl/N-ethyl adjacent to an activating group) is 2. The van der Waals surface area contributed by atoms with Crippen LogP contribution in [0.1, 0.15) is 6.92 Å². The van der Waals surface area contributed by atoms with E-state index in [-0.39, 0.29) is 17.9 Å². The van der Waals surface area contributed by atoms with Crippen LogP contribution in [0.25, 0.3) is 0 Å². The van der Waals surface area contributed by atoms with Crippen molar-refractivity contribution in [1.82, 2.24) is 20.0 Å². The molecule has 6 heteroatoms. The summed E-state index contributed by atoms with van der Waals surface area (Å²) in [6.07, 6.45) is 0. The summed E-state index contributed by atoms with van der Waals surface area (Å²) in [6, 6.07) is -0.233. The quantitative estimate of drug-likeness (QED) is 0.688. The number of rotatable bonds is 4. The number of carbonyl (C=O) groups is 2. The second kappa shape index (κ2) is 6.70. The SMILES string of the molecule is CCN(C)C(=O)CN1CCNCC1C(=O)N(C)C. The van der Waals surface area contributed by atoms with Crippen molar-refractivity contribution in [2.24, 2.45) is 0 Å². The Morgan fingerprint density at radius 3 is 2.56 bits per heavy atom. The molecule has 0 aliphatic carbocycles. The molecule has 0 aromatic carbocycles. The van der Waals surface area contributed by atoms with Gasteiger partial charge >= 0.3 is 0 Å². The summed E-state index contributed by atoms with van der Waals surface area (Å²) in [7, 11) is 5.28. The van der Waals surface area contributed by atoms with Crippen molar-refractivity contribution in [3.05, 3.63) is 0 Å². The molecule has 1 rings (SSSR count). The number of hydrogen-bond acceptors (Lipinski definition) is 4. The normalized spacial score (nSPS) is 20.6. The van der Waals surface area contributed by atoms with E-state index in [9.17, 15) is 9.59 Å². The minimum absolute atomic E-state index is 0.0501. The van der Waals surface area contributed by atoms with Gasteiger partial charge in [0.25, 0.3) is 0 Å². The first-order valence-electron chi connectivity index (χ1n) is 6.37. The highest BCUT2D eigenvalue weighted by molar-refractivity contribution is 5.83. The number of nitrogens with zero attached hydrogens (tertiary/aromatic N) is 3. The van der Waals surface area contributed by atoms with E-state index in [4.69, 9.17) is 0 Å². The van der Waals surface area contributed by atoms with Crippen LogP contribution in [0.15, 0.2) is 0 Å². The molecule has 0 radical (unpaired) electrons. The van der Waals surface area contributed by atoms with Crippen molar-refractivity contribution in [3.8, 4) is 0 Å². The van der Waals surface area contributed by atoms with Gasteiger partial charge in [-0.1, -0.05) is 0 Å². The summed E-state index contributed by atoms with van der Waals surface area (Å²) >= 11 is 0. The lowest BCUT2D eigenvalue weighted by Crippen LogP contribution is -2.59. The third-order valence-corrected chi connectivity index (χ3v) is 3.32. The fourth-order valence-electron chi connectivity index (χ4n) is 1.95. The van der Waals surface area contributed by atoms with Crippen molar-refractivity contribution in [2.45, 2.75) is 13.0 Å². The van der Waals surface area contributed by atoms with E-state index in [1.807, 2.05) is 11.8 Å². The highest BCUT2D eigenvalue weighted by Gasteiger charge is 2.31. The van der Waals surface area contributed by atoms with Crippen LogP contribution < -0.4 is 5.32 Å². The first-order chi connectivity index (χ1) is 8.47. The largest absolute Gasteiger partial charge is 0.347 e. The Hall–Kier alpha value is -1.14. The van der Waals surface area contributed by atoms with Crippen molar-refractivity contribution < 1.29 is 9.59 Å². The van der Waals surface area contributed by atoms with Crippen LogP contribution in [0.2, 0.25) is 0 Å². The number of carbonyl (C=O) groups excluding carboxylic acids is 2. The Balaban J connectivity index is 2.65. The molecule has 1 fully saturated rings. The van der Waals surface area contributed by atoms with E-state index < -0.39 is 0 Å². The zero-order chi connectivity index (χ0) is 13.7.